The molecule has 84 valence electrons. The van der Waals surface area contributed by atoms with Crippen LogP contribution in [0.1, 0.15) is 5.56 Å². The van der Waals surface area contributed by atoms with Gasteiger partial charge in [-0.05, 0) is 30.8 Å². The number of rotatable bonds is 4. The van der Waals surface area contributed by atoms with Crippen molar-refractivity contribution in [2.75, 3.05) is 0 Å². The number of alkyl halides is 2. The van der Waals surface area contributed by atoms with E-state index in [1.165, 1.54) is 0 Å². The number of halogens is 3. The second-order valence-corrected chi connectivity index (χ2v) is 10.2. The molecule has 0 unspecified atom stereocenters. The van der Waals surface area contributed by atoms with Crippen molar-refractivity contribution < 1.29 is 4.43 Å². The molecule has 1 nitrogen and oxygen atoms in total. The van der Waals surface area contributed by atoms with Gasteiger partial charge in [0.1, 0.15) is 4.46 Å². The first-order valence-corrected chi connectivity index (χ1v) is 8.82. The molecule has 0 saturated carbocycles. The molecule has 1 aromatic rings. The van der Waals surface area contributed by atoms with Crippen molar-refractivity contribution in [2.45, 2.75) is 24.2 Å². The normalized spacial score (nSPS) is 12.1. The van der Waals surface area contributed by atoms with Gasteiger partial charge in [0.05, 0.1) is 6.61 Å². The molecular formula is C10H13Cl3OSi. The Morgan fingerprint density at radius 1 is 1.20 bits per heavy atom. The highest BCUT2D eigenvalue weighted by Gasteiger charge is 2.30. The molecule has 0 heterocycles. The summed E-state index contributed by atoms with van der Waals surface area (Å²) in [5, 5.41) is 0.725. The minimum absolute atomic E-state index is 0.412. The average molecular weight is 284 g/mol. The van der Waals surface area contributed by atoms with Crippen LogP contribution in [0.4, 0.5) is 0 Å². The summed E-state index contributed by atoms with van der Waals surface area (Å²) in [7, 11) is -1.98. The summed E-state index contributed by atoms with van der Waals surface area (Å²) < 4.78 is 5.34. The summed E-state index contributed by atoms with van der Waals surface area (Å²) in [6.07, 6.45) is 0. The fourth-order valence-electron chi connectivity index (χ4n) is 0.913. The Balaban J connectivity index is 2.54. The van der Waals surface area contributed by atoms with Crippen LogP contribution in [0.15, 0.2) is 24.3 Å². The van der Waals surface area contributed by atoms with E-state index in [9.17, 15) is 0 Å². The average Bonchev–Trinajstić information content (AvgIpc) is 2.17. The second kappa shape index (κ2) is 5.55. The molecule has 0 bridgehead atoms. The van der Waals surface area contributed by atoms with Crippen LogP contribution in [0, 0.1) is 0 Å². The Morgan fingerprint density at radius 3 is 2.20 bits per heavy atom. The number of benzene rings is 1. The van der Waals surface area contributed by atoms with Gasteiger partial charge in [-0.1, -0.05) is 23.7 Å². The molecule has 0 aliphatic heterocycles. The monoisotopic (exact) mass is 282 g/mol. The Morgan fingerprint density at radius 2 is 1.73 bits per heavy atom. The lowest BCUT2D eigenvalue weighted by Crippen LogP contribution is -2.38. The molecule has 0 aromatic heterocycles. The molecule has 15 heavy (non-hydrogen) atoms. The third-order valence-corrected chi connectivity index (χ3v) is 7.39. The molecule has 0 fully saturated rings. The molecule has 0 aliphatic carbocycles. The van der Waals surface area contributed by atoms with Crippen molar-refractivity contribution in [1.29, 1.82) is 0 Å². The van der Waals surface area contributed by atoms with Gasteiger partial charge >= 0.3 is 0 Å². The maximum atomic E-state index is 5.84. The third-order valence-electron chi connectivity index (χ3n) is 2.05. The number of hydrogen-bond donors (Lipinski definition) is 0. The van der Waals surface area contributed by atoms with Crippen LogP contribution in [-0.4, -0.2) is 12.8 Å². The van der Waals surface area contributed by atoms with Gasteiger partial charge in [-0.25, -0.2) is 0 Å². The maximum Gasteiger partial charge on any atom is 0.220 e. The van der Waals surface area contributed by atoms with Crippen molar-refractivity contribution in [3.05, 3.63) is 34.9 Å². The molecule has 5 heteroatoms. The van der Waals surface area contributed by atoms with Gasteiger partial charge in [0.15, 0.2) is 0 Å². The first-order valence-electron chi connectivity index (χ1n) is 4.58. The van der Waals surface area contributed by atoms with Gasteiger partial charge in [-0.15, -0.1) is 23.2 Å². The lowest BCUT2D eigenvalue weighted by atomic mass is 10.2. The van der Waals surface area contributed by atoms with Crippen molar-refractivity contribution in [2.24, 2.45) is 0 Å². The Hall–Kier alpha value is 0.267. The summed E-state index contributed by atoms with van der Waals surface area (Å²) >= 11 is 17.5. The molecule has 1 rings (SSSR count). The van der Waals surface area contributed by atoms with Crippen LogP contribution in [0.2, 0.25) is 18.1 Å². The van der Waals surface area contributed by atoms with Gasteiger partial charge in [0.2, 0.25) is 8.32 Å². The van der Waals surface area contributed by atoms with Crippen LogP contribution in [0.5, 0.6) is 0 Å². The summed E-state index contributed by atoms with van der Waals surface area (Å²) in [6.45, 7) is 4.52. The zero-order chi connectivity index (χ0) is 11.5. The second-order valence-electron chi connectivity index (χ2n) is 3.82. The van der Waals surface area contributed by atoms with E-state index in [1.807, 2.05) is 37.4 Å². The molecule has 0 amide bonds. The van der Waals surface area contributed by atoms with E-state index >= 15 is 0 Å². The first-order chi connectivity index (χ1) is 6.92. The van der Waals surface area contributed by atoms with E-state index in [-0.39, 0.29) is 0 Å². The van der Waals surface area contributed by atoms with Gasteiger partial charge < -0.3 is 4.43 Å². The van der Waals surface area contributed by atoms with Crippen molar-refractivity contribution in [1.82, 2.24) is 0 Å². The largest absolute Gasteiger partial charge is 0.410 e. The third kappa shape index (κ3) is 4.33. The van der Waals surface area contributed by atoms with E-state index in [0.717, 1.165) is 10.6 Å². The number of hydrogen-bond acceptors (Lipinski definition) is 1. The van der Waals surface area contributed by atoms with E-state index in [0.29, 0.717) is 6.61 Å². The van der Waals surface area contributed by atoms with E-state index < -0.39 is 12.8 Å². The Bertz CT molecular complexity index is 311. The molecule has 1 aromatic carbocycles. The smallest absolute Gasteiger partial charge is 0.220 e. The fourth-order valence-corrected chi connectivity index (χ4v) is 2.08. The highest BCUT2D eigenvalue weighted by molar-refractivity contribution is 6.87. The molecule has 0 radical (unpaired) electrons. The van der Waals surface area contributed by atoms with E-state index in [4.69, 9.17) is 39.2 Å². The van der Waals surface area contributed by atoms with Crippen LogP contribution in [0.3, 0.4) is 0 Å². The van der Waals surface area contributed by atoms with Crippen molar-refractivity contribution in [3.8, 4) is 0 Å². The highest BCUT2D eigenvalue weighted by Crippen LogP contribution is 2.21. The minimum Gasteiger partial charge on any atom is -0.410 e. The lowest BCUT2D eigenvalue weighted by Gasteiger charge is -2.23. The van der Waals surface area contributed by atoms with Gasteiger partial charge in [0.25, 0.3) is 0 Å². The molecule has 0 spiro atoms. The molecular weight excluding hydrogens is 271 g/mol. The molecule has 0 saturated heterocycles. The van der Waals surface area contributed by atoms with Crippen LogP contribution in [-0.2, 0) is 11.0 Å². The van der Waals surface area contributed by atoms with Crippen molar-refractivity contribution in [3.63, 3.8) is 0 Å². The fraction of sp³-hybridized carbons (Fsp3) is 0.400. The van der Waals surface area contributed by atoms with E-state index in [1.54, 1.807) is 0 Å². The summed E-state index contributed by atoms with van der Waals surface area (Å²) in [4.78, 5) is 0. The topological polar surface area (TPSA) is 9.23 Å². The van der Waals surface area contributed by atoms with Crippen LogP contribution in [0.25, 0.3) is 0 Å². The Labute approximate surface area is 106 Å². The molecule has 0 aliphatic rings. The summed E-state index contributed by atoms with van der Waals surface area (Å²) in [5.74, 6) is 0. The zero-order valence-electron chi connectivity index (χ0n) is 8.64. The van der Waals surface area contributed by atoms with Crippen molar-refractivity contribution >= 4 is 43.1 Å². The van der Waals surface area contributed by atoms with Crippen LogP contribution >= 0.6 is 34.8 Å². The minimum atomic E-state index is -1.98. The lowest BCUT2D eigenvalue weighted by molar-refractivity contribution is 0.297. The standard InChI is InChI=1S/C10H13Cl3OSi/c1-15(2,10(12)13)14-7-8-3-5-9(11)6-4-8/h3-6,10H,7H2,1-2H3. The quantitative estimate of drug-likeness (QED) is 0.588. The zero-order valence-corrected chi connectivity index (χ0v) is 11.9. The summed E-state index contributed by atoms with van der Waals surface area (Å²) in [5.41, 5.74) is 1.08. The SMILES string of the molecule is C[Si](C)(OCc1ccc(Cl)cc1)C(Cl)Cl. The van der Waals surface area contributed by atoms with Gasteiger partial charge in [0, 0.05) is 5.02 Å². The first kappa shape index (κ1) is 13.3. The summed E-state index contributed by atoms with van der Waals surface area (Å²) in [6, 6.07) is 7.55. The van der Waals surface area contributed by atoms with Gasteiger partial charge in [-0.2, -0.15) is 0 Å². The highest BCUT2D eigenvalue weighted by atomic mass is 35.5. The molecule has 0 atom stereocenters. The predicted molar refractivity (Wildman–Crippen MR) is 69.2 cm³/mol. The predicted octanol–water partition coefficient (Wildman–Crippen LogP) is 4.40. The van der Waals surface area contributed by atoms with Crippen LogP contribution < -0.4 is 0 Å². The maximum absolute atomic E-state index is 5.84. The molecule has 0 N–H and O–H groups in total. The Kier molecular flexibility index (Phi) is 4.93. The van der Waals surface area contributed by atoms with E-state index in [2.05, 4.69) is 0 Å². The van der Waals surface area contributed by atoms with Gasteiger partial charge in [-0.3, -0.25) is 0 Å².